The van der Waals surface area contributed by atoms with Gasteiger partial charge in [0.1, 0.15) is 18.5 Å². The van der Waals surface area contributed by atoms with E-state index in [0.717, 1.165) is 12.5 Å². The van der Waals surface area contributed by atoms with Crippen molar-refractivity contribution in [2.45, 2.75) is 37.8 Å². The molecule has 2 fully saturated rings. The molecular weight excluding hydrogens is 264 g/mol. The van der Waals surface area contributed by atoms with Crippen LogP contribution in [-0.2, 0) is 0 Å². The Labute approximate surface area is 125 Å². The maximum absolute atomic E-state index is 10.2. The van der Waals surface area contributed by atoms with Crippen LogP contribution in [0.15, 0.2) is 24.3 Å². The molecule has 2 aliphatic rings. The largest absolute Gasteiger partial charge is 0.491 e. The number of hydrogen-bond acceptors (Lipinski definition) is 4. The molecule has 4 heteroatoms. The molecule has 1 aromatic carbocycles. The van der Waals surface area contributed by atoms with Gasteiger partial charge in [-0.15, -0.1) is 0 Å². The summed E-state index contributed by atoms with van der Waals surface area (Å²) in [4.78, 5) is 2.43. The van der Waals surface area contributed by atoms with E-state index >= 15 is 0 Å². The highest BCUT2D eigenvalue weighted by molar-refractivity contribution is 5.36. The third-order valence-electron chi connectivity index (χ3n) is 4.10. The average Bonchev–Trinajstić information content (AvgIpc) is 3.37. The molecule has 4 nitrogen and oxygen atoms in total. The van der Waals surface area contributed by atoms with Gasteiger partial charge in [0.2, 0.25) is 0 Å². The summed E-state index contributed by atoms with van der Waals surface area (Å²) < 4.78 is 5.60. The summed E-state index contributed by atoms with van der Waals surface area (Å²) in [5.41, 5.74) is 0.579. The normalized spacial score (nSPS) is 19.3. The minimum absolute atomic E-state index is 0.281. The SMILES string of the molecule is N#Cc1cccc(OCC(O)CN(CC2CC2)C2CC2)c1. The maximum Gasteiger partial charge on any atom is 0.120 e. The number of hydrogen-bond donors (Lipinski definition) is 1. The zero-order valence-electron chi connectivity index (χ0n) is 12.2. The summed E-state index contributed by atoms with van der Waals surface area (Å²) in [7, 11) is 0. The number of ether oxygens (including phenoxy) is 1. The molecule has 112 valence electrons. The second-order valence-electron chi connectivity index (χ2n) is 6.23. The number of rotatable bonds is 8. The second kappa shape index (κ2) is 6.46. The topological polar surface area (TPSA) is 56.5 Å². The first-order valence-corrected chi connectivity index (χ1v) is 7.79. The average molecular weight is 286 g/mol. The van der Waals surface area contributed by atoms with Crippen LogP contribution in [0.5, 0.6) is 5.75 Å². The molecule has 3 rings (SSSR count). The van der Waals surface area contributed by atoms with Crippen LogP contribution in [0.25, 0.3) is 0 Å². The molecule has 0 heterocycles. The minimum Gasteiger partial charge on any atom is -0.491 e. The lowest BCUT2D eigenvalue weighted by molar-refractivity contribution is 0.0637. The first-order chi connectivity index (χ1) is 10.2. The lowest BCUT2D eigenvalue weighted by atomic mass is 10.2. The summed E-state index contributed by atoms with van der Waals surface area (Å²) in [6.07, 6.45) is 4.75. The summed E-state index contributed by atoms with van der Waals surface area (Å²) >= 11 is 0. The van der Waals surface area contributed by atoms with Crippen molar-refractivity contribution in [3.8, 4) is 11.8 Å². The van der Waals surface area contributed by atoms with Gasteiger partial charge in [0, 0.05) is 19.1 Å². The Morgan fingerprint density at radius 1 is 1.33 bits per heavy atom. The number of nitrogens with zero attached hydrogens (tertiary/aromatic N) is 2. The first-order valence-electron chi connectivity index (χ1n) is 7.79. The van der Waals surface area contributed by atoms with Crippen molar-refractivity contribution in [2.75, 3.05) is 19.7 Å². The minimum atomic E-state index is -0.477. The molecule has 0 amide bonds. The van der Waals surface area contributed by atoms with E-state index in [-0.39, 0.29) is 6.61 Å². The fourth-order valence-electron chi connectivity index (χ4n) is 2.62. The lowest BCUT2D eigenvalue weighted by Gasteiger charge is -2.24. The summed E-state index contributed by atoms with van der Waals surface area (Å²) in [5.74, 6) is 1.50. The summed E-state index contributed by atoms with van der Waals surface area (Å²) in [6, 6.07) is 9.83. The van der Waals surface area contributed by atoms with Crippen molar-refractivity contribution >= 4 is 0 Å². The Kier molecular flexibility index (Phi) is 4.42. The van der Waals surface area contributed by atoms with Gasteiger partial charge in [0.15, 0.2) is 0 Å². The summed E-state index contributed by atoms with van der Waals surface area (Å²) in [5, 5.41) is 19.0. The molecule has 1 aromatic rings. The Bertz CT molecular complexity index is 518. The van der Waals surface area contributed by atoms with Gasteiger partial charge < -0.3 is 9.84 Å². The van der Waals surface area contributed by atoms with Gasteiger partial charge in [0.05, 0.1) is 11.6 Å². The third-order valence-corrected chi connectivity index (χ3v) is 4.10. The molecule has 0 radical (unpaired) electrons. The molecule has 1 atom stereocenters. The van der Waals surface area contributed by atoms with E-state index < -0.39 is 6.10 Å². The van der Waals surface area contributed by atoms with Crippen LogP contribution in [0, 0.1) is 17.2 Å². The van der Waals surface area contributed by atoms with Gasteiger partial charge in [-0.25, -0.2) is 0 Å². The van der Waals surface area contributed by atoms with Crippen molar-refractivity contribution in [1.82, 2.24) is 4.90 Å². The van der Waals surface area contributed by atoms with Crippen molar-refractivity contribution in [2.24, 2.45) is 5.92 Å². The number of aliphatic hydroxyl groups excluding tert-OH is 1. The zero-order chi connectivity index (χ0) is 14.7. The van der Waals surface area contributed by atoms with Crippen LogP contribution in [0.2, 0.25) is 0 Å². The Hall–Kier alpha value is -1.57. The first kappa shape index (κ1) is 14.4. The standard InChI is InChI=1S/C17H22N2O2/c18-9-14-2-1-3-17(8-14)21-12-16(20)11-19(15-6-7-15)10-13-4-5-13/h1-3,8,13,15-16,20H,4-7,10-12H2. The molecule has 0 spiro atoms. The molecule has 1 N–H and O–H groups in total. The van der Waals surface area contributed by atoms with Crippen molar-refractivity contribution in [3.63, 3.8) is 0 Å². The van der Waals surface area contributed by atoms with Gasteiger partial charge in [-0.2, -0.15) is 5.26 Å². The molecule has 1 unspecified atom stereocenters. The number of nitriles is 1. The second-order valence-corrected chi connectivity index (χ2v) is 6.23. The predicted molar refractivity (Wildman–Crippen MR) is 80.0 cm³/mol. The Balaban J connectivity index is 1.46. The van der Waals surface area contributed by atoms with Crippen LogP contribution in [0.3, 0.4) is 0 Å². The molecule has 2 saturated carbocycles. The van der Waals surface area contributed by atoms with E-state index in [1.54, 1.807) is 18.2 Å². The fourth-order valence-corrected chi connectivity index (χ4v) is 2.62. The summed E-state index contributed by atoms with van der Waals surface area (Å²) in [6.45, 7) is 2.10. The van der Waals surface area contributed by atoms with E-state index in [1.807, 2.05) is 6.07 Å². The zero-order valence-corrected chi connectivity index (χ0v) is 12.2. The van der Waals surface area contributed by atoms with E-state index in [4.69, 9.17) is 10.00 Å². The van der Waals surface area contributed by atoms with Gasteiger partial charge in [0.25, 0.3) is 0 Å². The monoisotopic (exact) mass is 286 g/mol. The highest BCUT2D eigenvalue weighted by atomic mass is 16.5. The lowest BCUT2D eigenvalue weighted by Crippen LogP contribution is -2.38. The Morgan fingerprint density at radius 2 is 2.14 bits per heavy atom. The molecular formula is C17H22N2O2. The van der Waals surface area contributed by atoms with E-state index in [9.17, 15) is 5.11 Å². The molecule has 0 aromatic heterocycles. The van der Waals surface area contributed by atoms with Gasteiger partial charge >= 0.3 is 0 Å². The number of benzene rings is 1. The number of aliphatic hydroxyl groups is 1. The smallest absolute Gasteiger partial charge is 0.120 e. The fraction of sp³-hybridized carbons (Fsp3) is 0.588. The molecule has 2 aliphatic carbocycles. The van der Waals surface area contributed by atoms with Crippen LogP contribution in [-0.4, -0.2) is 41.8 Å². The maximum atomic E-state index is 10.2. The molecule has 0 aliphatic heterocycles. The van der Waals surface area contributed by atoms with Gasteiger partial charge in [-0.3, -0.25) is 4.90 Å². The van der Waals surface area contributed by atoms with Crippen LogP contribution >= 0.6 is 0 Å². The van der Waals surface area contributed by atoms with Crippen molar-refractivity contribution in [1.29, 1.82) is 5.26 Å². The Morgan fingerprint density at radius 3 is 2.81 bits per heavy atom. The highest BCUT2D eigenvalue weighted by Crippen LogP contribution is 2.34. The highest BCUT2D eigenvalue weighted by Gasteiger charge is 2.34. The molecule has 0 bridgehead atoms. The van der Waals surface area contributed by atoms with Crippen molar-refractivity contribution < 1.29 is 9.84 Å². The van der Waals surface area contributed by atoms with Crippen molar-refractivity contribution in [3.05, 3.63) is 29.8 Å². The van der Waals surface area contributed by atoms with Crippen LogP contribution in [0.4, 0.5) is 0 Å². The molecule has 0 saturated heterocycles. The van der Waals surface area contributed by atoms with Gasteiger partial charge in [-0.1, -0.05) is 6.07 Å². The quantitative estimate of drug-likeness (QED) is 0.796. The van der Waals surface area contributed by atoms with E-state index in [1.165, 1.54) is 25.7 Å². The van der Waals surface area contributed by atoms with E-state index in [2.05, 4.69) is 11.0 Å². The van der Waals surface area contributed by atoms with Gasteiger partial charge in [-0.05, 0) is 49.8 Å². The molecule has 21 heavy (non-hydrogen) atoms. The van der Waals surface area contributed by atoms with E-state index in [0.29, 0.717) is 23.9 Å². The van der Waals surface area contributed by atoms with Crippen LogP contribution < -0.4 is 4.74 Å². The van der Waals surface area contributed by atoms with Crippen LogP contribution in [0.1, 0.15) is 31.2 Å². The predicted octanol–water partition coefficient (Wildman–Crippen LogP) is 2.17. The third kappa shape index (κ3) is 4.45.